The van der Waals surface area contributed by atoms with E-state index in [-0.39, 0.29) is 18.0 Å². The Morgan fingerprint density at radius 1 is 1.30 bits per heavy atom. The smallest absolute Gasteiger partial charge is 0.223 e. The van der Waals surface area contributed by atoms with Crippen LogP contribution in [0, 0.1) is 0 Å². The molecule has 5 heteroatoms. The quantitative estimate of drug-likeness (QED) is 0.784. The summed E-state index contributed by atoms with van der Waals surface area (Å²) >= 11 is 0. The average Bonchev–Trinajstić information content (AvgIpc) is 2.58. The third-order valence-electron chi connectivity index (χ3n) is 4.44. The lowest BCUT2D eigenvalue weighted by Crippen LogP contribution is -2.48. The fourth-order valence-corrected chi connectivity index (χ4v) is 3.28. The molecule has 1 saturated heterocycles. The standard InChI is InChI=1S/C18H28N2O3/c1-22-13-6-5-11-17(21)20-12-7-9-15(19)18(20)14-8-3-4-10-16(14)23-2/h3-4,8,10,15,18H,5-7,9,11-13,19H2,1-2H3/t15-,18-/m0/s1. The highest BCUT2D eigenvalue weighted by atomic mass is 16.5. The van der Waals surface area contributed by atoms with E-state index in [1.807, 2.05) is 29.2 Å². The highest BCUT2D eigenvalue weighted by Gasteiger charge is 2.34. The van der Waals surface area contributed by atoms with Crippen LogP contribution in [0.4, 0.5) is 0 Å². The highest BCUT2D eigenvalue weighted by Crippen LogP contribution is 2.35. The summed E-state index contributed by atoms with van der Waals surface area (Å²) in [7, 11) is 3.34. The minimum atomic E-state index is -0.102. The molecule has 1 aliphatic heterocycles. The number of ether oxygens (including phenoxy) is 2. The molecular weight excluding hydrogens is 292 g/mol. The third-order valence-corrected chi connectivity index (χ3v) is 4.44. The van der Waals surface area contributed by atoms with Crippen molar-refractivity contribution in [2.45, 2.75) is 44.2 Å². The van der Waals surface area contributed by atoms with E-state index in [9.17, 15) is 4.79 Å². The first kappa shape index (κ1) is 17.8. The molecule has 1 aromatic carbocycles. The summed E-state index contributed by atoms with van der Waals surface area (Å²) in [6.07, 6.45) is 4.17. The van der Waals surface area contributed by atoms with Crippen LogP contribution in [0.2, 0.25) is 0 Å². The van der Waals surface area contributed by atoms with Crippen molar-refractivity contribution in [3.05, 3.63) is 29.8 Å². The molecule has 1 amide bonds. The lowest BCUT2D eigenvalue weighted by molar-refractivity contribution is -0.135. The summed E-state index contributed by atoms with van der Waals surface area (Å²) in [4.78, 5) is 14.6. The molecule has 1 heterocycles. The molecule has 0 bridgehead atoms. The molecule has 2 atom stereocenters. The Bertz CT molecular complexity index is 507. The summed E-state index contributed by atoms with van der Waals surface area (Å²) < 4.78 is 10.5. The molecule has 0 saturated carbocycles. The van der Waals surface area contributed by atoms with E-state index < -0.39 is 0 Å². The first-order chi connectivity index (χ1) is 11.2. The SMILES string of the molecule is COCCCCC(=O)N1CCC[C@H](N)[C@@H]1c1ccccc1OC. The van der Waals surface area contributed by atoms with Crippen molar-refractivity contribution in [3.63, 3.8) is 0 Å². The predicted molar refractivity (Wildman–Crippen MR) is 90.4 cm³/mol. The van der Waals surface area contributed by atoms with E-state index in [0.29, 0.717) is 13.0 Å². The second-order valence-corrected chi connectivity index (χ2v) is 6.03. The van der Waals surface area contributed by atoms with E-state index in [0.717, 1.165) is 43.5 Å². The zero-order valence-corrected chi connectivity index (χ0v) is 14.2. The van der Waals surface area contributed by atoms with Gasteiger partial charge in [-0.05, 0) is 31.7 Å². The minimum Gasteiger partial charge on any atom is -0.496 e. The van der Waals surface area contributed by atoms with E-state index in [1.54, 1.807) is 14.2 Å². The van der Waals surface area contributed by atoms with Crippen molar-refractivity contribution in [3.8, 4) is 5.75 Å². The van der Waals surface area contributed by atoms with Crippen molar-refractivity contribution < 1.29 is 14.3 Å². The minimum absolute atomic E-state index is 0.0528. The van der Waals surface area contributed by atoms with Crippen LogP contribution in [0.15, 0.2) is 24.3 Å². The largest absolute Gasteiger partial charge is 0.496 e. The number of unbranched alkanes of at least 4 members (excludes halogenated alkanes) is 1. The molecule has 2 rings (SSSR count). The maximum absolute atomic E-state index is 12.7. The Balaban J connectivity index is 2.14. The number of methoxy groups -OCH3 is 2. The zero-order valence-electron chi connectivity index (χ0n) is 14.2. The third kappa shape index (κ3) is 4.45. The molecule has 0 aromatic heterocycles. The van der Waals surface area contributed by atoms with Gasteiger partial charge in [-0.3, -0.25) is 4.79 Å². The Labute approximate surface area is 138 Å². The van der Waals surface area contributed by atoms with Gasteiger partial charge < -0.3 is 20.1 Å². The maximum atomic E-state index is 12.7. The van der Waals surface area contributed by atoms with Crippen molar-refractivity contribution in [1.82, 2.24) is 4.90 Å². The first-order valence-corrected chi connectivity index (χ1v) is 8.36. The van der Waals surface area contributed by atoms with Gasteiger partial charge in [0.1, 0.15) is 5.75 Å². The molecule has 23 heavy (non-hydrogen) atoms. The summed E-state index contributed by atoms with van der Waals surface area (Å²) in [6.45, 7) is 1.46. The van der Waals surface area contributed by atoms with Gasteiger partial charge in [-0.2, -0.15) is 0 Å². The van der Waals surface area contributed by atoms with Gasteiger partial charge in [0.05, 0.1) is 13.2 Å². The van der Waals surface area contributed by atoms with Crippen LogP contribution < -0.4 is 10.5 Å². The van der Waals surface area contributed by atoms with Gasteiger partial charge in [-0.25, -0.2) is 0 Å². The van der Waals surface area contributed by atoms with Gasteiger partial charge in [0.25, 0.3) is 0 Å². The van der Waals surface area contributed by atoms with Crippen LogP contribution in [0.1, 0.15) is 43.7 Å². The zero-order chi connectivity index (χ0) is 16.7. The summed E-state index contributed by atoms with van der Waals surface area (Å²) in [5, 5.41) is 0. The number of nitrogens with two attached hydrogens (primary N) is 1. The molecule has 0 aliphatic carbocycles. The van der Waals surface area contributed by atoms with Crippen molar-refractivity contribution in [2.24, 2.45) is 5.73 Å². The van der Waals surface area contributed by atoms with E-state index in [1.165, 1.54) is 0 Å². The number of rotatable bonds is 7. The number of benzene rings is 1. The second kappa shape index (κ2) is 8.89. The number of amides is 1. The Hall–Kier alpha value is -1.59. The van der Waals surface area contributed by atoms with E-state index >= 15 is 0 Å². The molecule has 2 N–H and O–H groups in total. The van der Waals surface area contributed by atoms with E-state index in [4.69, 9.17) is 15.2 Å². The Morgan fingerprint density at radius 2 is 2.09 bits per heavy atom. The predicted octanol–water partition coefficient (Wildman–Crippen LogP) is 2.50. The number of carbonyl (C=O) groups excluding carboxylic acids is 1. The first-order valence-electron chi connectivity index (χ1n) is 8.36. The van der Waals surface area contributed by atoms with E-state index in [2.05, 4.69) is 0 Å². The van der Waals surface area contributed by atoms with Crippen LogP contribution in [0.25, 0.3) is 0 Å². The van der Waals surface area contributed by atoms with Crippen molar-refractivity contribution >= 4 is 5.91 Å². The second-order valence-electron chi connectivity index (χ2n) is 6.03. The normalized spacial score (nSPS) is 21.3. The molecule has 0 radical (unpaired) electrons. The Morgan fingerprint density at radius 3 is 2.83 bits per heavy atom. The van der Waals surface area contributed by atoms with Crippen molar-refractivity contribution in [2.75, 3.05) is 27.4 Å². The maximum Gasteiger partial charge on any atom is 0.223 e. The molecular formula is C18H28N2O3. The lowest BCUT2D eigenvalue weighted by atomic mass is 9.90. The van der Waals surface area contributed by atoms with Gasteiger partial charge in [0, 0.05) is 38.3 Å². The molecule has 1 aromatic rings. The number of hydrogen-bond acceptors (Lipinski definition) is 4. The topological polar surface area (TPSA) is 64.8 Å². The number of likely N-dealkylation sites (tertiary alicyclic amines) is 1. The van der Waals surface area contributed by atoms with Gasteiger partial charge in [-0.1, -0.05) is 18.2 Å². The van der Waals surface area contributed by atoms with Crippen LogP contribution in [0.3, 0.4) is 0 Å². The van der Waals surface area contributed by atoms with Gasteiger partial charge in [0.2, 0.25) is 5.91 Å². The molecule has 128 valence electrons. The fourth-order valence-electron chi connectivity index (χ4n) is 3.28. The number of hydrogen-bond donors (Lipinski definition) is 1. The van der Waals surface area contributed by atoms with Gasteiger partial charge in [-0.15, -0.1) is 0 Å². The monoisotopic (exact) mass is 320 g/mol. The van der Waals surface area contributed by atoms with Gasteiger partial charge >= 0.3 is 0 Å². The van der Waals surface area contributed by atoms with Crippen molar-refractivity contribution in [1.29, 1.82) is 0 Å². The summed E-state index contributed by atoms with van der Waals surface area (Å²) in [5.74, 6) is 0.971. The Kier molecular flexibility index (Phi) is 6.86. The molecule has 1 aliphatic rings. The summed E-state index contributed by atoms with van der Waals surface area (Å²) in [5.41, 5.74) is 7.38. The van der Waals surface area contributed by atoms with Crippen LogP contribution in [-0.4, -0.2) is 44.2 Å². The average molecular weight is 320 g/mol. The summed E-state index contributed by atoms with van der Waals surface area (Å²) in [6, 6.07) is 7.70. The molecule has 5 nitrogen and oxygen atoms in total. The molecule has 1 fully saturated rings. The van der Waals surface area contributed by atoms with Crippen LogP contribution >= 0.6 is 0 Å². The number of nitrogens with zero attached hydrogens (tertiary/aromatic N) is 1. The lowest BCUT2D eigenvalue weighted by Gasteiger charge is -2.40. The number of para-hydroxylation sites is 1. The van der Waals surface area contributed by atoms with Gasteiger partial charge in [0.15, 0.2) is 0 Å². The highest BCUT2D eigenvalue weighted by molar-refractivity contribution is 5.77. The van der Waals surface area contributed by atoms with Crippen LogP contribution in [0.5, 0.6) is 5.75 Å². The number of carbonyl (C=O) groups is 1. The number of piperidine rings is 1. The van der Waals surface area contributed by atoms with Crippen LogP contribution in [-0.2, 0) is 9.53 Å². The molecule has 0 spiro atoms. The fraction of sp³-hybridized carbons (Fsp3) is 0.611. The molecule has 0 unspecified atom stereocenters.